The Labute approximate surface area is 122 Å². The van der Waals surface area contributed by atoms with Gasteiger partial charge in [0.15, 0.2) is 0 Å². The van der Waals surface area contributed by atoms with Crippen LogP contribution in [-0.4, -0.2) is 15.7 Å². The lowest BCUT2D eigenvalue weighted by Gasteiger charge is -2.14. The fraction of sp³-hybridized carbons (Fsp3) is 0.167. The third-order valence-electron chi connectivity index (χ3n) is 2.52. The summed E-state index contributed by atoms with van der Waals surface area (Å²) in [6, 6.07) is 3.11. The van der Waals surface area contributed by atoms with E-state index in [1.165, 1.54) is 23.1 Å². The van der Waals surface area contributed by atoms with Crippen molar-refractivity contribution in [2.45, 2.75) is 12.7 Å². The van der Waals surface area contributed by atoms with Crippen LogP contribution in [0.5, 0.6) is 0 Å². The Bertz CT molecular complexity index is 669. The van der Waals surface area contributed by atoms with Gasteiger partial charge in [0.1, 0.15) is 6.54 Å². The number of carbonyl (C=O) groups excluding carboxylic acids is 1. The smallest absolute Gasteiger partial charge is 0.396 e. The molecule has 0 saturated carbocycles. The minimum Gasteiger partial charge on any atom is -0.396 e. The predicted octanol–water partition coefficient (Wildman–Crippen LogP) is 2.78. The van der Waals surface area contributed by atoms with E-state index in [-0.39, 0.29) is 17.3 Å². The van der Waals surface area contributed by atoms with Gasteiger partial charge in [-0.1, -0.05) is 11.6 Å². The van der Waals surface area contributed by atoms with Crippen LogP contribution in [0.25, 0.3) is 0 Å². The molecule has 0 atom stereocenters. The standard InChI is InChI=1S/C12H10ClF3N4O/c13-7-1-2-10(9(3-7)12(14,15)16)19-11(21)6-20-5-8(17)4-18-20/h1-5H,6,17H2,(H,19,21). The Morgan fingerprint density at radius 2 is 2.14 bits per heavy atom. The van der Waals surface area contributed by atoms with Gasteiger partial charge in [0.25, 0.3) is 0 Å². The molecular weight excluding hydrogens is 309 g/mol. The van der Waals surface area contributed by atoms with Crippen LogP contribution >= 0.6 is 11.6 Å². The topological polar surface area (TPSA) is 72.9 Å². The number of halogens is 4. The van der Waals surface area contributed by atoms with Gasteiger partial charge in [-0.3, -0.25) is 9.48 Å². The number of nitrogens with one attached hydrogen (secondary N) is 1. The summed E-state index contributed by atoms with van der Waals surface area (Å²) in [5, 5.41) is 5.88. The SMILES string of the molecule is Nc1cnn(CC(=O)Nc2ccc(Cl)cc2C(F)(F)F)c1. The molecule has 0 radical (unpaired) electrons. The Morgan fingerprint density at radius 3 is 2.71 bits per heavy atom. The number of nitrogens with two attached hydrogens (primary N) is 1. The van der Waals surface area contributed by atoms with Gasteiger partial charge in [-0.05, 0) is 18.2 Å². The highest BCUT2D eigenvalue weighted by Gasteiger charge is 2.34. The van der Waals surface area contributed by atoms with Crippen LogP contribution in [0, 0.1) is 0 Å². The summed E-state index contributed by atoms with van der Waals surface area (Å²) in [5.74, 6) is -0.661. The Kier molecular flexibility index (Phi) is 4.08. The molecule has 9 heteroatoms. The summed E-state index contributed by atoms with van der Waals surface area (Å²) in [6.45, 7) is -0.253. The second-order valence-corrected chi connectivity index (χ2v) is 4.64. The van der Waals surface area contributed by atoms with Crippen molar-refractivity contribution >= 4 is 28.9 Å². The lowest BCUT2D eigenvalue weighted by molar-refractivity contribution is -0.137. The first-order valence-electron chi connectivity index (χ1n) is 5.70. The summed E-state index contributed by atoms with van der Waals surface area (Å²) < 4.78 is 39.8. The van der Waals surface area contributed by atoms with Crippen molar-refractivity contribution in [2.24, 2.45) is 0 Å². The van der Waals surface area contributed by atoms with Crippen molar-refractivity contribution in [1.82, 2.24) is 9.78 Å². The maximum absolute atomic E-state index is 12.9. The molecule has 0 unspecified atom stereocenters. The first kappa shape index (κ1) is 15.2. The monoisotopic (exact) mass is 318 g/mol. The molecule has 21 heavy (non-hydrogen) atoms. The summed E-state index contributed by atoms with van der Waals surface area (Å²) in [5.41, 5.74) is 4.40. The third kappa shape index (κ3) is 3.88. The van der Waals surface area contributed by atoms with Crippen LogP contribution in [0.2, 0.25) is 5.02 Å². The molecule has 0 saturated heterocycles. The summed E-state index contributed by atoms with van der Waals surface area (Å²) in [6.07, 6.45) is -1.90. The van der Waals surface area contributed by atoms with E-state index in [1.54, 1.807) is 0 Å². The summed E-state index contributed by atoms with van der Waals surface area (Å²) in [4.78, 5) is 11.7. The van der Waals surface area contributed by atoms with E-state index in [2.05, 4.69) is 10.4 Å². The van der Waals surface area contributed by atoms with Crippen LogP contribution in [0.15, 0.2) is 30.6 Å². The normalized spacial score (nSPS) is 11.4. The minimum absolute atomic E-state index is 0.0693. The van der Waals surface area contributed by atoms with Crippen molar-refractivity contribution in [1.29, 1.82) is 0 Å². The third-order valence-corrected chi connectivity index (χ3v) is 2.76. The lowest BCUT2D eigenvalue weighted by atomic mass is 10.1. The van der Waals surface area contributed by atoms with E-state index < -0.39 is 17.6 Å². The molecule has 1 aromatic heterocycles. The molecule has 2 aromatic rings. The highest BCUT2D eigenvalue weighted by molar-refractivity contribution is 6.30. The number of alkyl halides is 3. The van der Waals surface area contributed by atoms with Gasteiger partial charge < -0.3 is 11.1 Å². The molecule has 5 nitrogen and oxygen atoms in total. The number of nitrogen functional groups attached to an aromatic ring is 1. The average Bonchev–Trinajstić information content (AvgIpc) is 2.75. The Morgan fingerprint density at radius 1 is 1.43 bits per heavy atom. The molecule has 2 rings (SSSR count). The highest BCUT2D eigenvalue weighted by atomic mass is 35.5. The Hall–Kier alpha value is -2.22. The van der Waals surface area contributed by atoms with Gasteiger partial charge >= 0.3 is 6.18 Å². The second-order valence-electron chi connectivity index (χ2n) is 4.21. The molecular formula is C12H10ClF3N4O. The van der Waals surface area contributed by atoms with Gasteiger partial charge in [0.2, 0.25) is 5.91 Å². The van der Waals surface area contributed by atoms with E-state index in [1.807, 2.05) is 0 Å². The van der Waals surface area contributed by atoms with Crippen LogP contribution in [0.4, 0.5) is 24.5 Å². The van der Waals surface area contributed by atoms with Gasteiger partial charge in [0, 0.05) is 11.2 Å². The number of anilines is 2. The number of hydrogen-bond donors (Lipinski definition) is 2. The number of aromatic nitrogens is 2. The molecule has 1 aromatic carbocycles. The number of amides is 1. The molecule has 1 amide bonds. The summed E-state index contributed by atoms with van der Waals surface area (Å²) in [7, 11) is 0. The van der Waals surface area contributed by atoms with E-state index in [9.17, 15) is 18.0 Å². The molecule has 0 spiro atoms. The molecule has 1 heterocycles. The Balaban J connectivity index is 2.17. The fourth-order valence-electron chi connectivity index (χ4n) is 1.66. The number of nitrogens with zero attached hydrogens (tertiary/aromatic N) is 2. The van der Waals surface area contributed by atoms with Gasteiger partial charge in [0.05, 0.1) is 23.1 Å². The number of rotatable bonds is 3. The van der Waals surface area contributed by atoms with Crippen LogP contribution in [0.1, 0.15) is 5.56 Å². The van der Waals surface area contributed by atoms with Crippen molar-refractivity contribution in [3.63, 3.8) is 0 Å². The quantitative estimate of drug-likeness (QED) is 0.914. The fourth-order valence-corrected chi connectivity index (χ4v) is 1.84. The molecule has 0 fully saturated rings. The van der Waals surface area contributed by atoms with Gasteiger partial charge in [-0.2, -0.15) is 18.3 Å². The van der Waals surface area contributed by atoms with Crippen molar-refractivity contribution in [3.8, 4) is 0 Å². The van der Waals surface area contributed by atoms with E-state index >= 15 is 0 Å². The lowest BCUT2D eigenvalue weighted by Crippen LogP contribution is -2.21. The maximum Gasteiger partial charge on any atom is 0.418 e. The van der Waals surface area contributed by atoms with Crippen LogP contribution < -0.4 is 11.1 Å². The first-order chi connectivity index (χ1) is 9.75. The molecule has 3 N–H and O–H groups in total. The van der Waals surface area contributed by atoms with Crippen molar-refractivity contribution in [3.05, 3.63) is 41.2 Å². The zero-order valence-corrected chi connectivity index (χ0v) is 11.2. The van der Waals surface area contributed by atoms with E-state index in [0.29, 0.717) is 5.69 Å². The van der Waals surface area contributed by atoms with Crippen LogP contribution in [0.3, 0.4) is 0 Å². The maximum atomic E-state index is 12.9. The molecule has 0 aliphatic rings. The van der Waals surface area contributed by atoms with Gasteiger partial charge in [-0.15, -0.1) is 0 Å². The average molecular weight is 319 g/mol. The zero-order valence-electron chi connectivity index (χ0n) is 10.5. The van der Waals surface area contributed by atoms with E-state index in [0.717, 1.165) is 12.1 Å². The van der Waals surface area contributed by atoms with Crippen molar-refractivity contribution in [2.75, 3.05) is 11.1 Å². The predicted molar refractivity (Wildman–Crippen MR) is 71.7 cm³/mol. The molecule has 0 bridgehead atoms. The van der Waals surface area contributed by atoms with Crippen LogP contribution in [-0.2, 0) is 17.5 Å². The largest absolute Gasteiger partial charge is 0.418 e. The zero-order chi connectivity index (χ0) is 15.6. The minimum atomic E-state index is -4.62. The molecule has 112 valence electrons. The molecule has 0 aliphatic carbocycles. The van der Waals surface area contributed by atoms with E-state index in [4.69, 9.17) is 17.3 Å². The molecule has 0 aliphatic heterocycles. The highest BCUT2D eigenvalue weighted by Crippen LogP contribution is 2.36. The number of benzene rings is 1. The van der Waals surface area contributed by atoms with Gasteiger partial charge in [-0.25, -0.2) is 0 Å². The summed E-state index contributed by atoms with van der Waals surface area (Å²) >= 11 is 5.55. The second kappa shape index (κ2) is 5.65. The number of hydrogen-bond acceptors (Lipinski definition) is 3. The van der Waals surface area contributed by atoms with Crippen molar-refractivity contribution < 1.29 is 18.0 Å². The number of carbonyl (C=O) groups is 1. The first-order valence-corrected chi connectivity index (χ1v) is 6.08.